The molecule has 0 spiro atoms. The van der Waals surface area contributed by atoms with Gasteiger partial charge in [0.05, 0.1) is 13.7 Å². The van der Waals surface area contributed by atoms with Gasteiger partial charge in [0.2, 0.25) is 0 Å². The van der Waals surface area contributed by atoms with Crippen LogP contribution in [0.5, 0.6) is 11.5 Å². The van der Waals surface area contributed by atoms with Gasteiger partial charge >= 0.3 is 0 Å². The van der Waals surface area contributed by atoms with E-state index in [0.29, 0.717) is 12.5 Å². The van der Waals surface area contributed by atoms with E-state index in [2.05, 4.69) is 29.3 Å². The molecule has 1 saturated heterocycles. The molecule has 0 saturated carbocycles. The standard InChI is InChI=1S/C21H27N3O2.HI/c1-3-22-21(23-14-16-4-8-19(25)9-5-16)24-13-12-18(15-24)17-6-10-20(26-2)11-7-17;/h4-11,18,25H,3,12-15H2,1-2H3,(H,22,23);1H. The molecule has 6 heteroatoms. The number of methoxy groups -OCH3 is 1. The van der Waals surface area contributed by atoms with Crippen molar-refractivity contribution in [3.8, 4) is 11.5 Å². The molecule has 0 amide bonds. The highest BCUT2D eigenvalue weighted by Crippen LogP contribution is 2.28. The normalized spacial score (nSPS) is 16.7. The lowest BCUT2D eigenvalue weighted by Gasteiger charge is -2.22. The second-order valence-corrected chi connectivity index (χ2v) is 6.54. The van der Waals surface area contributed by atoms with E-state index in [1.807, 2.05) is 24.3 Å². The van der Waals surface area contributed by atoms with Crippen molar-refractivity contribution in [2.45, 2.75) is 25.8 Å². The first-order valence-corrected chi connectivity index (χ1v) is 9.14. The third-order valence-electron chi connectivity index (χ3n) is 4.76. The zero-order valence-corrected chi connectivity index (χ0v) is 18.2. The van der Waals surface area contributed by atoms with Gasteiger partial charge in [-0.25, -0.2) is 4.99 Å². The summed E-state index contributed by atoms with van der Waals surface area (Å²) in [6, 6.07) is 15.6. The molecule has 0 aromatic heterocycles. The smallest absolute Gasteiger partial charge is 0.194 e. The maximum atomic E-state index is 9.40. The monoisotopic (exact) mass is 481 g/mol. The minimum Gasteiger partial charge on any atom is -0.508 e. The molecule has 1 atom stereocenters. The van der Waals surface area contributed by atoms with Gasteiger partial charge < -0.3 is 20.1 Å². The van der Waals surface area contributed by atoms with Gasteiger partial charge in [-0.1, -0.05) is 24.3 Å². The number of ether oxygens (including phenoxy) is 1. The second-order valence-electron chi connectivity index (χ2n) is 6.54. The molecule has 1 aliphatic heterocycles. The number of hydrogen-bond acceptors (Lipinski definition) is 3. The van der Waals surface area contributed by atoms with Crippen molar-refractivity contribution in [1.29, 1.82) is 0 Å². The van der Waals surface area contributed by atoms with Gasteiger partial charge in [-0.15, -0.1) is 24.0 Å². The Kier molecular flexibility index (Phi) is 8.22. The highest BCUT2D eigenvalue weighted by atomic mass is 127. The number of phenolic OH excluding ortho intramolecular Hbond substituents is 1. The van der Waals surface area contributed by atoms with Gasteiger partial charge in [0.1, 0.15) is 11.5 Å². The van der Waals surface area contributed by atoms with Crippen LogP contribution < -0.4 is 10.1 Å². The summed E-state index contributed by atoms with van der Waals surface area (Å²) in [5, 5.41) is 12.8. The first kappa shape index (κ1) is 21.3. The quantitative estimate of drug-likeness (QED) is 0.386. The summed E-state index contributed by atoms with van der Waals surface area (Å²) < 4.78 is 5.25. The molecule has 5 nitrogen and oxygen atoms in total. The maximum Gasteiger partial charge on any atom is 0.194 e. The van der Waals surface area contributed by atoms with Crippen LogP contribution in [0.2, 0.25) is 0 Å². The molecule has 1 aliphatic rings. The summed E-state index contributed by atoms with van der Waals surface area (Å²) in [6.45, 7) is 5.50. The Labute approximate surface area is 178 Å². The van der Waals surface area contributed by atoms with Crippen molar-refractivity contribution in [3.63, 3.8) is 0 Å². The predicted molar refractivity (Wildman–Crippen MR) is 120 cm³/mol. The third-order valence-corrected chi connectivity index (χ3v) is 4.76. The molecule has 0 radical (unpaired) electrons. The van der Waals surface area contributed by atoms with Gasteiger partial charge in [0.15, 0.2) is 5.96 Å². The number of likely N-dealkylation sites (tertiary alicyclic amines) is 1. The molecular formula is C21H28IN3O2. The molecule has 2 aromatic carbocycles. The van der Waals surface area contributed by atoms with Crippen molar-refractivity contribution in [3.05, 3.63) is 59.7 Å². The summed E-state index contributed by atoms with van der Waals surface area (Å²) in [7, 11) is 1.69. The highest BCUT2D eigenvalue weighted by Gasteiger charge is 2.26. The second kappa shape index (κ2) is 10.4. The van der Waals surface area contributed by atoms with Crippen LogP contribution >= 0.6 is 24.0 Å². The molecule has 1 heterocycles. The fourth-order valence-corrected chi connectivity index (χ4v) is 3.29. The number of nitrogens with zero attached hydrogens (tertiary/aromatic N) is 2. The summed E-state index contributed by atoms with van der Waals surface area (Å²) in [5.41, 5.74) is 2.44. The SMILES string of the molecule is CCNC(=NCc1ccc(O)cc1)N1CCC(c2ccc(OC)cc2)C1.I. The molecule has 1 unspecified atom stereocenters. The van der Waals surface area contributed by atoms with Gasteiger partial charge in [0, 0.05) is 25.6 Å². The molecule has 146 valence electrons. The number of hydrogen-bond donors (Lipinski definition) is 2. The van der Waals surface area contributed by atoms with Crippen LogP contribution in [0.25, 0.3) is 0 Å². The average Bonchev–Trinajstić information content (AvgIpc) is 3.16. The number of halogens is 1. The van der Waals surface area contributed by atoms with Crippen LogP contribution in [-0.4, -0.2) is 42.7 Å². The molecule has 27 heavy (non-hydrogen) atoms. The highest BCUT2D eigenvalue weighted by molar-refractivity contribution is 14.0. The Hall–Kier alpha value is -1.96. The molecule has 1 fully saturated rings. The van der Waals surface area contributed by atoms with E-state index in [9.17, 15) is 5.11 Å². The van der Waals surface area contributed by atoms with Crippen LogP contribution in [0.1, 0.15) is 30.4 Å². The Balaban J connectivity index is 0.00000261. The summed E-state index contributed by atoms with van der Waals surface area (Å²) in [6.07, 6.45) is 1.12. The third kappa shape index (κ3) is 5.76. The van der Waals surface area contributed by atoms with E-state index in [-0.39, 0.29) is 29.7 Å². The molecule has 0 bridgehead atoms. The minimum absolute atomic E-state index is 0. The topological polar surface area (TPSA) is 57.1 Å². The number of benzene rings is 2. The Bertz CT molecular complexity index is 732. The van der Waals surface area contributed by atoms with Crippen LogP contribution in [-0.2, 0) is 6.54 Å². The van der Waals surface area contributed by atoms with E-state index < -0.39 is 0 Å². The molecule has 2 N–H and O–H groups in total. The van der Waals surface area contributed by atoms with Crippen molar-refractivity contribution in [2.75, 3.05) is 26.7 Å². The average molecular weight is 481 g/mol. The predicted octanol–water partition coefficient (Wildman–Crippen LogP) is 3.97. The summed E-state index contributed by atoms with van der Waals surface area (Å²) in [4.78, 5) is 7.11. The largest absolute Gasteiger partial charge is 0.508 e. The zero-order valence-electron chi connectivity index (χ0n) is 15.9. The van der Waals surface area contributed by atoms with E-state index >= 15 is 0 Å². The van der Waals surface area contributed by atoms with Crippen molar-refractivity contribution in [2.24, 2.45) is 4.99 Å². The Morgan fingerprint density at radius 1 is 1.19 bits per heavy atom. The first-order valence-electron chi connectivity index (χ1n) is 9.14. The number of guanidine groups is 1. The lowest BCUT2D eigenvalue weighted by Crippen LogP contribution is -2.40. The van der Waals surface area contributed by atoms with Crippen molar-refractivity contribution in [1.82, 2.24) is 10.2 Å². The number of aliphatic imine (C=N–C) groups is 1. The van der Waals surface area contributed by atoms with Crippen LogP contribution in [0.15, 0.2) is 53.5 Å². The Morgan fingerprint density at radius 3 is 2.52 bits per heavy atom. The van der Waals surface area contributed by atoms with Crippen LogP contribution in [0, 0.1) is 0 Å². The minimum atomic E-state index is 0. The fourth-order valence-electron chi connectivity index (χ4n) is 3.29. The molecular weight excluding hydrogens is 453 g/mol. The zero-order chi connectivity index (χ0) is 18.4. The summed E-state index contributed by atoms with van der Waals surface area (Å²) in [5.74, 6) is 2.65. The Morgan fingerprint density at radius 2 is 1.89 bits per heavy atom. The van der Waals surface area contributed by atoms with Gasteiger partial charge in [-0.05, 0) is 48.7 Å². The molecule has 2 aromatic rings. The maximum absolute atomic E-state index is 9.40. The van der Waals surface area contributed by atoms with E-state index in [1.165, 1.54) is 5.56 Å². The number of aromatic hydroxyl groups is 1. The molecule has 3 rings (SSSR count). The van der Waals surface area contributed by atoms with E-state index in [0.717, 1.165) is 43.3 Å². The van der Waals surface area contributed by atoms with Crippen molar-refractivity contribution >= 4 is 29.9 Å². The fraction of sp³-hybridized carbons (Fsp3) is 0.381. The first-order chi connectivity index (χ1) is 12.7. The lowest BCUT2D eigenvalue weighted by molar-refractivity contribution is 0.414. The lowest BCUT2D eigenvalue weighted by atomic mass is 9.98. The molecule has 0 aliphatic carbocycles. The number of nitrogens with one attached hydrogen (secondary N) is 1. The summed E-state index contributed by atoms with van der Waals surface area (Å²) >= 11 is 0. The van der Waals surface area contributed by atoms with Crippen LogP contribution in [0.4, 0.5) is 0 Å². The van der Waals surface area contributed by atoms with Crippen LogP contribution in [0.3, 0.4) is 0 Å². The van der Waals surface area contributed by atoms with Gasteiger partial charge in [0.25, 0.3) is 0 Å². The van der Waals surface area contributed by atoms with Gasteiger partial charge in [-0.2, -0.15) is 0 Å². The van der Waals surface area contributed by atoms with E-state index in [1.54, 1.807) is 19.2 Å². The van der Waals surface area contributed by atoms with Gasteiger partial charge in [-0.3, -0.25) is 0 Å². The number of phenols is 1. The van der Waals surface area contributed by atoms with Crippen molar-refractivity contribution < 1.29 is 9.84 Å². The number of rotatable bonds is 5. The van der Waals surface area contributed by atoms with E-state index in [4.69, 9.17) is 9.73 Å².